The molecule has 1 heterocycles. The molecule has 4 heteroatoms. The second-order valence-electron chi connectivity index (χ2n) is 3.93. The maximum atomic E-state index is 8.28. The van der Waals surface area contributed by atoms with Crippen LogP contribution < -0.4 is 0 Å². The number of rotatable bonds is 1. The fraction of sp³-hybridized carbons (Fsp3) is 0.538. The van der Waals surface area contributed by atoms with Crippen LogP contribution >= 0.6 is 0 Å². The van der Waals surface area contributed by atoms with Crippen LogP contribution in [0.1, 0.15) is 37.2 Å². The summed E-state index contributed by atoms with van der Waals surface area (Å²) in [7, 11) is 0. The zero-order valence-electron chi connectivity index (χ0n) is 9.88. The predicted molar refractivity (Wildman–Crippen MR) is 63.3 cm³/mol. The van der Waals surface area contributed by atoms with E-state index in [2.05, 4.69) is 18.2 Å². The molecule has 1 atom stereocenters. The standard InChI is InChI=1S/C13H17O.H2N.O.Os/c1-2-6-12(7-3-1)13-8-4-5-10-14-11-9-13;;;/h2-3,6-7,13H,4-5,8-11H2;1H2;;/q2*-1;;/t13-;;;/m0.../s1. The molecule has 0 unspecified atom stereocenters. The van der Waals surface area contributed by atoms with Gasteiger partial charge in [0.15, 0.2) is 0 Å². The van der Waals surface area contributed by atoms with Gasteiger partial charge in [0.2, 0.25) is 0 Å². The van der Waals surface area contributed by atoms with Crippen LogP contribution in [0.25, 0.3) is 6.15 Å². The SMILES string of the molecule is [NH2-].[O]=[Os].[c-]1ccc([C@H]2CCCCOCC2)cc1. The van der Waals surface area contributed by atoms with Gasteiger partial charge < -0.3 is 10.9 Å². The third kappa shape index (κ3) is 6.17. The first-order chi connectivity index (χ1) is 7.97. The Morgan fingerprint density at radius 3 is 2.53 bits per heavy atom. The van der Waals surface area contributed by atoms with Gasteiger partial charge in [0.05, 0.1) is 0 Å². The zero-order valence-corrected chi connectivity index (χ0v) is 12.4. The molecule has 0 spiro atoms. The maximum absolute atomic E-state index is 8.28. The van der Waals surface area contributed by atoms with Gasteiger partial charge >= 0.3 is 22.1 Å². The third-order valence-electron chi connectivity index (χ3n) is 2.92. The molecule has 0 aromatic heterocycles. The molecule has 2 N–H and O–H groups in total. The van der Waals surface area contributed by atoms with Crippen LogP contribution in [0, 0.1) is 6.07 Å². The Morgan fingerprint density at radius 2 is 1.82 bits per heavy atom. The minimum absolute atomic E-state index is 0. The zero-order chi connectivity index (χ0) is 11.6. The van der Waals surface area contributed by atoms with Crippen LogP contribution in [0.15, 0.2) is 24.3 Å². The summed E-state index contributed by atoms with van der Waals surface area (Å²) in [5.74, 6) is 0.699. The van der Waals surface area contributed by atoms with Gasteiger partial charge in [-0.05, 0) is 25.2 Å². The largest absolute Gasteiger partial charge is 0.381 e. The Balaban J connectivity index is 0.000000811. The quantitative estimate of drug-likeness (QED) is 0.661. The van der Waals surface area contributed by atoms with Crippen molar-refractivity contribution in [1.82, 2.24) is 0 Å². The van der Waals surface area contributed by atoms with Crippen LogP contribution in [0.5, 0.6) is 0 Å². The average molecular weight is 412 g/mol. The van der Waals surface area contributed by atoms with Crippen molar-refractivity contribution >= 4 is 0 Å². The van der Waals surface area contributed by atoms with E-state index in [1.807, 2.05) is 12.1 Å². The molecule has 98 valence electrons. The van der Waals surface area contributed by atoms with E-state index >= 15 is 0 Å². The van der Waals surface area contributed by atoms with E-state index in [1.54, 1.807) is 0 Å². The minimum Gasteiger partial charge on any atom is -0.381 e. The molecular formula is C13H19NO2Os-2. The van der Waals surface area contributed by atoms with E-state index in [4.69, 9.17) is 8.28 Å². The van der Waals surface area contributed by atoms with Gasteiger partial charge in [0.25, 0.3) is 0 Å². The second-order valence-corrected chi connectivity index (χ2v) is 3.93. The fourth-order valence-electron chi connectivity index (χ4n) is 2.07. The predicted octanol–water partition coefficient (Wildman–Crippen LogP) is 3.76. The number of benzene rings is 1. The van der Waals surface area contributed by atoms with Crippen molar-refractivity contribution < 1.29 is 26.8 Å². The van der Waals surface area contributed by atoms with E-state index in [-0.39, 0.29) is 6.15 Å². The van der Waals surface area contributed by atoms with E-state index in [0.717, 1.165) is 13.2 Å². The van der Waals surface area contributed by atoms with Crippen molar-refractivity contribution in [2.45, 2.75) is 31.6 Å². The second kappa shape index (κ2) is 10.7. The first-order valence-electron chi connectivity index (χ1n) is 5.65. The summed E-state index contributed by atoms with van der Waals surface area (Å²) in [6, 6.07) is 11.5. The molecule has 1 fully saturated rings. The van der Waals surface area contributed by atoms with E-state index < -0.39 is 0 Å². The Hall–Kier alpha value is -0.424. The summed E-state index contributed by atoms with van der Waals surface area (Å²) in [6.45, 7) is 1.87. The maximum Gasteiger partial charge on any atom is 0.0471 e. The number of nitrogens with two attached hydrogens (primary N) is 1. The summed E-state index contributed by atoms with van der Waals surface area (Å²) >= 11 is 0.611. The van der Waals surface area contributed by atoms with Crippen molar-refractivity contribution in [3.63, 3.8) is 0 Å². The van der Waals surface area contributed by atoms with Gasteiger partial charge in [-0.2, -0.15) is 35.9 Å². The molecule has 17 heavy (non-hydrogen) atoms. The molecule has 0 bridgehead atoms. The summed E-state index contributed by atoms with van der Waals surface area (Å²) in [5, 5.41) is 0. The molecule has 1 aromatic rings. The molecule has 1 aromatic carbocycles. The Kier molecular flexibility index (Phi) is 10.4. The normalized spacial score (nSPS) is 19.9. The summed E-state index contributed by atoms with van der Waals surface area (Å²) < 4.78 is 13.8. The van der Waals surface area contributed by atoms with Gasteiger partial charge in [-0.25, -0.2) is 0 Å². The van der Waals surface area contributed by atoms with E-state index in [0.29, 0.717) is 24.5 Å². The topological polar surface area (TPSA) is 59.8 Å². The number of ether oxygens (including phenoxy) is 1. The summed E-state index contributed by atoms with van der Waals surface area (Å²) in [6.07, 6.45) is 5.00. The van der Waals surface area contributed by atoms with E-state index in [9.17, 15) is 0 Å². The Bertz CT molecular complexity index is 274. The van der Waals surface area contributed by atoms with E-state index in [1.165, 1.54) is 31.2 Å². The van der Waals surface area contributed by atoms with Gasteiger partial charge in [0.1, 0.15) is 0 Å². The van der Waals surface area contributed by atoms with Crippen LogP contribution in [-0.4, -0.2) is 13.2 Å². The van der Waals surface area contributed by atoms with Crippen LogP contribution in [0.3, 0.4) is 0 Å². The Morgan fingerprint density at radius 1 is 1.12 bits per heavy atom. The molecule has 0 radical (unpaired) electrons. The molecular weight excluding hydrogens is 392 g/mol. The smallest absolute Gasteiger partial charge is 0.0471 e. The molecule has 0 aliphatic carbocycles. The van der Waals surface area contributed by atoms with Crippen molar-refractivity contribution in [2.24, 2.45) is 0 Å². The number of hydrogen-bond donors (Lipinski definition) is 0. The van der Waals surface area contributed by atoms with Crippen molar-refractivity contribution in [1.29, 1.82) is 0 Å². The molecule has 0 amide bonds. The first kappa shape index (κ1) is 16.6. The molecule has 0 saturated carbocycles. The van der Waals surface area contributed by atoms with Crippen molar-refractivity contribution in [3.8, 4) is 0 Å². The third-order valence-corrected chi connectivity index (χ3v) is 2.92. The Labute approximate surface area is 114 Å². The van der Waals surface area contributed by atoms with Gasteiger partial charge in [-0.15, -0.1) is 0 Å². The van der Waals surface area contributed by atoms with Crippen LogP contribution in [0.4, 0.5) is 0 Å². The van der Waals surface area contributed by atoms with Gasteiger partial charge in [0, 0.05) is 13.2 Å². The summed E-state index contributed by atoms with van der Waals surface area (Å²) in [4.78, 5) is 0. The molecule has 1 aliphatic rings. The monoisotopic (exact) mass is 413 g/mol. The van der Waals surface area contributed by atoms with Crippen LogP contribution in [-0.2, 0) is 26.8 Å². The molecule has 1 saturated heterocycles. The van der Waals surface area contributed by atoms with Gasteiger partial charge in [-0.3, -0.25) is 0 Å². The van der Waals surface area contributed by atoms with Gasteiger partial charge in [-0.1, -0.05) is 6.42 Å². The van der Waals surface area contributed by atoms with Crippen molar-refractivity contribution in [3.05, 3.63) is 42.0 Å². The molecule has 2 rings (SSSR count). The van der Waals surface area contributed by atoms with Crippen molar-refractivity contribution in [2.75, 3.05) is 13.2 Å². The molecule has 3 nitrogen and oxygen atoms in total. The molecule has 1 aliphatic heterocycles. The summed E-state index contributed by atoms with van der Waals surface area (Å²) in [5.41, 5.74) is 1.45. The van der Waals surface area contributed by atoms with Crippen LogP contribution in [0.2, 0.25) is 0 Å². The minimum atomic E-state index is 0. The average Bonchev–Trinajstić information content (AvgIpc) is 2.32. The fourth-order valence-corrected chi connectivity index (χ4v) is 2.07. The first-order valence-corrected chi connectivity index (χ1v) is 6.69. The number of hydrogen-bond acceptors (Lipinski definition) is 2.